The summed E-state index contributed by atoms with van der Waals surface area (Å²) in [5.74, 6) is 0.0226. The highest BCUT2D eigenvalue weighted by atomic mass is 35.5. The molecule has 3 aromatic heterocycles. The van der Waals surface area contributed by atoms with E-state index in [9.17, 15) is 9.90 Å². The number of hydrogen-bond acceptors (Lipinski definition) is 7. The largest absolute Gasteiger partial charge is 0.481 e. The van der Waals surface area contributed by atoms with E-state index < -0.39 is 5.97 Å². The van der Waals surface area contributed by atoms with Crippen LogP contribution in [0.15, 0.2) is 29.8 Å². The second-order valence-electron chi connectivity index (χ2n) is 9.01. The van der Waals surface area contributed by atoms with Crippen molar-refractivity contribution in [2.75, 3.05) is 0 Å². The fourth-order valence-corrected chi connectivity index (χ4v) is 6.34. The Morgan fingerprint density at radius 3 is 2.86 bits per heavy atom. The van der Waals surface area contributed by atoms with Crippen LogP contribution in [0.4, 0.5) is 0 Å². The van der Waals surface area contributed by atoms with E-state index in [1.165, 1.54) is 24.1 Å². The first-order valence-electron chi connectivity index (χ1n) is 11.9. The number of fused-ring (bicyclic) bond motifs is 2. The van der Waals surface area contributed by atoms with Gasteiger partial charge in [-0.25, -0.2) is 19.9 Å². The molecule has 0 fully saturated rings. The highest BCUT2D eigenvalue weighted by Gasteiger charge is 2.19. The summed E-state index contributed by atoms with van der Waals surface area (Å²) in [6.45, 7) is 1.99. The number of halogens is 1. The topological polar surface area (TPSA) is 88.9 Å². The van der Waals surface area contributed by atoms with Gasteiger partial charge in [-0.1, -0.05) is 6.07 Å². The van der Waals surface area contributed by atoms with E-state index in [0.29, 0.717) is 6.42 Å². The Morgan fingerprint density at radius 1 is 1.14 bits per heavy atom. The lowest BCUT2D eigenvalue weighted by Crippen LogP contribution is -2.10. The maximum Gasteiger partial charge on any atom is 0.303 e. The van der Waals surface area contributed by atoms with Gasteiger partial charge in [0, 0.05) is 23.7 Å². The van der Waals surface area contributed by atoms with Crippen LogP contribution in [0.2, 0.25) is 0 Å². The maximum absolute atomic E-state index is 11.6. The predicted molar refractivity (Wildman–Crippen MR) is 143 cm³/mol. The normalized spacial score (nSPS) is 13.9. The number of thiazole rings is 2. The number of carboxylic acids is 1. The molecular formula is C26H29ClN4O2S2. The number of rotatable bonds is 9. The van der Waals surface area contributed by atoms with Gasteiger partial charge in [0.2, 0.25) is 0 Å². The van der Waals surface area contributed by atoms with Gasteiger partial charge in [-0.3, -0.25) is 4.79 Å². The molecular weight excluding hydrogens is 500 g/mol. The van der Waals surface area contributed by atoms with E-state index in [1.54, 1.807) is 22.7 Å². The molecule has 5 rings (SSSR count). The van der Waals surface area contributed by atoms with Crippen LogP contribution in [-0.2, 0) is 36.9 Å². The Morgan fingerprint density at radius 2 is 2.00 bits per heavy atom. The molecule has 1 N–H and O–H groups in total. The monoisotopic (exact) mass is 528 g/mol. The third-order valence-corrected chi connectivity index (χ3v) is 8.28. The molecule has 0 saturated heterocycles. The van der Waals surface area contributed by atoms with Gasteiger partial charge in [0.15, 0.2) is 0 Å². The summed E-state index contributed by atoms with van der Waals surface area (Å²) in [6, 6.07) is 6.14. The Kier molecular flexibility index (Phi) is 8.46. The minimum Gasteiger partial charge on any atom is -0.481 e. The molecule has 0 saturated carbocycles. The lowest BCUT2D eigenvalue weighted by molar-refractivity contribution is -0.137. The van der Waals surface area contributed by atoms with Crippen LogP contribution >= 0.6 is 35.1 Å². The smallest absolute Gasteiger partial charge is 0.303 e. The Bertz CT molecular complexity index is 1320. The molecule has 9 heteroatoms. The van der Waals surface area contributed by atoms with Crippen molar-refractivity contribution in [1.82, 2.24) is 19.9 Å². The molecule has 35 heavy (non-hydrogen) atoms. The number of aromatic nitrogens is 4. The number of hydrogen-bond donors (Lipinski definition) is 1. The van der Waals surface area contributed by atoms with Gasteiger partial charge < -0.3 is 5.11 Å². The molecule has 0 aliphatic heterocycles. The zero-order valence-corrected chi connectivity index (χ0v) is 22.1. The maximum atomic E-state index is 11.6. The molecule has 4 aromatic rings. The summed E-state index contributed by atoms with van der Waals surface area (Å²) < 4.78 is 1.13. The van der Waals surface area contributed by atoms with Gasteiger partial charge in [0.1, 0.15) is 5.82 Å². The van der Waals surface area contributed by atoms with Crippen LogP contribution in [0.3, 0.4) is 0 Å². The Labute approximate surface area is 219 Å². The van der Waals surface area contributed by atoms with E-state index >= 15 is 0 Å². The number of aliphatic carboxylic acids is 1. The van der Waals surface area contributed by atoms with Crippen molar-refractivity contribution in [1.29, 1.82) is 0 Å². The fourth-order valence-electron chi connectivity index (χ4n) is 4.68. The standard InChI is InChI=1S/C26H28N4O2S2.ClH/c1-16-28-22-12-17(9-10-23(22)34-16)19(13-26(31)32)11-20-15-33-25(29-20)8-4-7-24-27-14-18-5-2-3-6-21(18)30-24;/h9-10,12,14-15,19H,2-8,11,13H2,1H3,(H,31,32);1H. The Balaban J connectivity index is 0.00000289. The quantitative estimate of drug-likeness (QED) is 0.281. The summed E-state index contributed by atoms with van der Waals surface area (Å²) in [6.07, 6.45) is 10.1. The molecule has 1 aliphatic rings. The number of carbonyl (C=O) groups is 1. The van der Waals surface area contributed by atoms with Crippen molar-refractivity contribution in [3.8, 4) is 0 Å². The number of carboxylic acid groups (broad SMARTS) is 1. The molecule has 0 bridgehead atoms. The zero-order valence-electron chi connectivity index (χ0n) is 19.7. The summed E-state index contributed by atoms with van der Waals surface area (Å²) >= 11 is 3.32. The molecule has 0 amide bonds. The lowest BCUT2D eigenvalue weighted by Gasteiger charge is -2.14. The van der Waals surface area contributed by atoms with Gasteiger partial charge in [-0.05, 0) is 81.0 Å². The highest BCUT2D eigenvalue weighted by molar-refractivity contribution is 7.18. The second kappa shape index (κ2) is 11.5. The number of nitrogens with zero attached hydrogens (tertiary/aromatic N) is 4. The first-order valence-corrected chi connectivity index (χ1v) is 13.6. The van der Waals surface area contributed by atoms with Gasteiger partial charge >= 0.3 is 5.97 Å². The fraction of sp³-hybridized carbons (Fsp3) is 0.423. The molecule has 1 aromatic carbocycles. The molecule has 0 spiro atoms. The summed E-state index contributed by atoms with van der Waals surface area (Å²) in [4.78, 5) is 30.3. The van der Waals surface area contributed by atoms with Crippen molar-refractivity contribution < 1.29 is 9.90 Å². The van der Waals surface area contributed by atoms with Crippen LogP contribution in [0.1, 0.15) is 70.0 Å². The number of benzene rings is 1. The van der Waals surface area contributed by atoms with Crippen molar-refractivity contribution in [2.45, 2.75) is 70.6 Å². The molecule has 184 valence electrons. The third-order valence-electron chi connectivity index (χ3n) is 6.37. The number of aryl methyl sites for hydroxylation is 5. The second-order valence-corrected chi connectivity index (χ2v) is 11.2. The molecule has 6 nitrogen and oxygen atoms in total. The van der Waals surface area contributed by atoms with Gasteiger partial charge in [-0.2, -0.15) is 0 Å². The van der Waals surface area contributed by atoms with E-state index in [-0.39, 0.29) is 24.7 Å². The average molecular weight is 529 g/mol. The molecule has 1 unspecified atom stereocenters. The zero-order chi connectivity index (χ0) is 23.5. The van der Waals surface area contributed by atoms with E-state index in [2.05, 4.69) is 21.4 Å². The average Bonchev–Trinajstić information content (AvgIpc) is 3.42. The van der Waals surface area contributed by atoms with Crippen LogP contribution in [0, 0.1) is 6.92 Å². The van der Waals surface area contributed by atoms with Crippen molar-refractivity contribution in [2.24, 2.45) is 0 Å². The molecule has 1 atom stereocenters. The molecule has 1 aliphatic carbocycles. The van der Waals surface area contributed by atoms with E-state index in [1.807, 2.05) is 25.3 Å². The Hall–Kier alpha value is -2.42. The highest BCUT2D eigenvalue weighted by Crippen LogP contribution is 2.30. The van der Waals surface area contributed by atoms with Crippen LogP contribution < -0.4 is 0 Å². The van der Waals surface area contributed by atoms with Gasteiger partial charge in [0.05, 0.1) is 32.3 Å². The molecule has 0 radical (unpaired) electrons. The first-order chi connectivity index (χ1) is 16.5. The van der Waals surface area contributed by atoms with Crippen molar-refractivity contribution in [3.63, 3.8) is 0 Å². The minimum absolute atomic E-state index is 0. The summed E-state index contributed by atoms with van der Waals surface area (Å²) in [7, 11) is 0. The van der Waals surface area contributed by atoms with E-state index in [0.717, 1.165) is 69.4 Å². The van der Waals surface area contributed by atoms with Gasteiger partial charge in [0.25, 0.3) is 0 Å². The minimum atomic E-state index is -0.792. The van der Waals surface area contributed by atoms with Gasteiger partial charge in [-0.15, -0.1) is 35.1 Å². The third kappa shape index (κ3) is 6.42. The van der Waals surface area contributed by atoms with Crippen LogP contribution in [0.25, 0.3) is 10.2 Å². The van der Waals surface area contributed by atoms with Crippen molar-refractivity contribution in [3.05, 3.63) is 68.1 Å². The first kappa shape index (κ1) is 25.7. The SMILES string of the molecule is Cc1nc2cc(C(CC(=O)O)Cc3csc(CCCc4ncc5c(n4)CCCC5)n3)ccc2s1.Cl. The summed E-state index contributed by atoms with van der Waals surface area (Å²) in [5, 5.41) is 13.7. The molecule has 3 heterocycles. The lowest BCUT2D eigenvalue weighted by atomic mass is 9.91. The van der Waals surface area contributed by atoms with E-state index in [4.69, 9.17) is 9.97 Å². The van der Waals surface area contributed by atoms with Crippen LogP contribution in [0.5, 0.6) is 0 Å². The predicted octanol–water partition coefficient (Wildman–Crippen LogP) is 6.13. The van der Waals surface area contributed by atoms with Crippen LogP contribution in [-0.4, -0.2) is 31.0 Å². The summed E-state index contributed by atoms with van der Waals surface area (Å²) in [5.41, 5.74) is 5.48. The van der Waals surface area contributed by atoms with Crippen molar-refractivity contribution >= 4 is 51.3 Å².